The molecule has 0 aliphatic heterocycles. The van der Waals surface area contributed by atoms with Crippen LogP contribution in [0.15, 0.2) is 24.3 Å². The van der Waals surface area contributed by atoms with Gasteiger partial charge in [0.25, 0.3) is 0 Å². The van der Waals surface area contributed by atoms with E-state index in [1.54, 1.807) is 12.1 Å². The van der Waals surface area contributed by atoms with E-state index in [1.165, 1.54) is 12.7 Å². The molecule has 1 aromatic carbocycles. The van der Waals surface area contributed by atoms with Crippen LogP contribution in [0.25, 0.3) is 0 Å². The van der Waals surface area contributed by atoms with E-state index in [0.717, 1.165) is 6.16 Å². The minimum atomic E-state index is -1.22. The molecule has 0 bridgehead atoms. The summed E-state index contributed by atoms with van der Waals surface area (Å²) in [6.07, 6.45) is 0.934. The van der Waals surface area contributed by atoms with Crippen molar-refractivity contribution < 1.29 is 9.53 Å². The van der Waals surface area contributed by atoms with Crippen molar-refractivity contribution in [1.82, 2.24) is 0 Å². The van der Waals surface area contributed by atoms with E-state index < -0.39 is 6.04 Å². The van der Waals surface area contributed by atoms with Crippen molar-refractivity contribution in [3.63, 3.8) is 0 Å². The van der Waals surface area contributed by atoms with Crippen LogP contribution in [0.2, 0.25) is 0 Å². The Morgan fingerprint density at radius 1 is 1.33 bits per heavy atom. The predicted molar refractivity (Wildman–Crippen MR) is 67.6 cm³/mol. The molecule has 0 amide bonds. The summed E-state index contributed by atoms with van der Waals surface area (Å²) < 4.78 is 4.62. The highest BCUT2D eigenvalue weighted by molar-refractivity contribution is 8.13. The first kappa shape index (κ1) is 12.4. The SMILES string of the molecule is COC(=O)c1ccc(CP(C)(C)=S)cc1. The zero-order valence-corrected chi connectivity index (χ0v) is 10.9. The molecule has 0 saturated carbocycles. The van der Waals surface area contributed by atoms with Gasteiger partial charge in [0.2, 0.25) is 0 Å². The van der Waals surface area contributed by atoms with Crippen LogP contribution in [-0.4, -0.2) is 26.4 Å². The maximum absolute atomic E-state index is 11.2. The zero-order valence-electron chi connectivity index (χ0n) is 9.19. The van der Waals surface area contributed by atoms with Gasteiger partial charge in [0.05, 0.1) is 12.7 Å². The summed E-state index contributed by atoms with van der Waals surface area (Å²) in [4.78, 5) is 11.2. The van der Waals surface area contributed by atoms with Gasteiger partial charge >= 0.3 is 5.97 Å². The summed E-state index contributed by atoms with van der Waals surface area (Å²) in [6, 6.07) is 6.24. The molecule has 82 valence electrons. The monoisotopic (exact) mass is 242 g/mol. The second kappa shape index (κ2) is 4.91. The van der Waals surface area contributed by atoms with Crippen molar-refractivity contribution in [2.75, 3.05) is 20.4 Å². The van der Waals surface area contributed by atoms with Gasteiger partial charge < -0.3 is 4.74 Å². The molecule has 0 aliphatic rings. The normalized spacial score (nSPS) is 11.1. The highest BCUT2D eigenvalue weighted by Crippen LogP contribution is 2.40. The standard InChI is InChI=1S/C11H15O2PS/c1-13-11(12)10-6-4-9(5-7-10)8-14(2,3)15/h4-7H,8H2,1-3H3. The van der Waals surface area contributed by atoms with Crippen molar-refractivity contribution in [3.05, 3.63) is 35.4 Å². The summed E-state index contributed by atoms with van der Waals surface area (Å²) in [5, 5.41) is 0. The van der Waals surface area contributed by atoms with Crippen LogP contribution in [0.5, 0.6) is 0 Å². The lowest BCUT2D eigenvalue weighted by molar-refractivity contribution is 0.0601. The van der Waals surface area contributed by atoms with E-state index in [4.69, 9.17) is 11.8 Å². The number of rotatable bonds is 3. The summed E-state index contributed by atoms with van der Waals surface area (Å²) >= 11 is 5.39. The summed E-state index contributed by atoms with van der Waals surface area (Å²) in [6.45, 7) is 4.24. The second-order valence-electron chi connectivity index (χ2n) is 3.92. The Morgan fingerprint density at radius 3 is 2.27 bits per heavy atom. The molecule has 0 radical (unpaired) electrons. The molecule has 1 aromatic rings. The van der Waals surface area contributed by atoms with Crippen LogP contribution >= 0.6 is 6.04 Å². The second-order valence-corrected chi connectivity index (χ2v) is 10.4. The van der Waals surface area contributed by atoms with E-state index in [9.17, 15) is 4.79 Å². The van der Waals surface area contributed by atoms with E-state index in [1.807, 2.05) is 12.1 Å². The Labute approximate surface area is 95.7 Å². The van der Waals surface area contributed by atoms with Crippen molar-refractivity contribution >= 4 is 23.8 Å². The molecule has 0 heterocycles. The topological polar surface area (TPSA) is 26.3 Å². The van der Waals surface area contributed by atoms with Crippen LogP contribution in [-0.2, 0) is 22.7 Å². The summed E-state index contributed by atoms with van der Waals surface area (Å²) in [7, 11) is 1.38. The first-order valence-corrected chi connectivity index (χ1v) is 8.52. The number of carbonyl (C=O) groups is 1. The Bertz CT molecular complexity index is 392. The summed E-state index contributed by atoms with van der Waals surface area (Å²) in [5.74, 6) is -0.297. The van der Waals surface area contributed by atoms with E-state index in [-0.39, 0.29) is 5.97 Å². The first-order valence-electron chi connectivity index (χ1n) is 4.63. The molecule has 0 fully saturated rings. The summed E-state index contributed by atoms with van der Waals surface area (Å²) in [5.41, 5.74) is 1.78. The average molecular weight is 242 g/mol. The lowest BCUT2D eigenvalue weighted by Gasteiger charge is -2.09. The molecule has 0 atom stereocenters. The maximum atomic E-state index is 11.2. The fourth-order valence-electron chi connectivity index (χ4n) is 1.30. The van der Waals surface area contributed by atoms with Crippen LogP contribution in [0, 0.1) is 0 Å². The number of benzene rings is 1. The number of esters is 1. The molecular formula is C11H15O2PS. The zero-order chi connectivity index (χ0) is 11.5. The molecular weight excluding hydrogens is 227 g/mol. The number of carbonyl (C=O) groups excluding carboxylic acids is 1. The Morgan fingerprint density at radius 2 is 1.87 bits per heavy atom. The van der Waals surface area contributed by atoms with Crippen molar-refractivity contribution in [2.24, 2.45) is 0 Å². The molecule has 0 aromatic heterocycles. The van der Waals surface area contributed by atoms with Gasteiger partial charge in [-0.05, 0) is 37.1 Å². The number of ether oxygens (including phenoxy) is 1. The van der Waals surface area contributed by atoms with Gasteiger partial charge in [-0.1, -0.05) is 23.9 Å². The minimum absolute atomic E-state index is 0.297. The predicted octanol–water partition coefficient (Wildman–Crippen LogP) is 2.71. The lowest BCUT2D eigenvalue weighted by atomic mass is 10.1. The van der Waals surface area contributed by atoms with Crippen molar-refractivity contribution in [1.29, 1.82) is 0 Å². The maximum Gasteiger partial charge on any atom is 0.337 e. The van der Waals surface area contributed by atoms with Gasteiger partial charge in [-0.3, -0.25) is 0 Å². The van der Waals surface area contributed by atoms with Crippen LogP contribution in [0.3, 0.4) is 0 Å². The number of hydrogen-bond acceptors (Lipinski definition) is 3. The molecule has 0 saturated heterocycles. The van der Waals surface area contributed by atoms with Crippen molar-refractivity contribution in [3.8, 4) is 0 Å². The highest BCUT2D eigenvalue weighted by atomic mass is 32.4. The fourth-order valence-corrected chi connectivity index (χ4v) is 2.84. The van der Waals surface area contributed by atoms with Gasteiger partial charge in [-0.15, -0.1) is 0 Å². The Balaban J connectivity index is 2.81. The third-order valence-corrected chi connectivity index (χ3v) is 3.45. The first-order chi connectivity index (χ1) is 6.92. The smallest absolute Gasteiger partial charge is 0.337 e. The van der Waals surface area contributed by atoms with Crippen LogP contribution < -0.4 is 0 Å². The van der Waals surface area contributed by atoms with Gasteiger partial charge in [0.1, 0.15) is 0 Å². The molecule has 0 aliphatic carbocycles. The number of methoxy groups -OCH3 is 1. The van der Waals surface area contributed by atoms with Gasteiger partial charge in [-0.25, -0.2) is 4.79 Å². The molecule has 15 heavy (non-hydrogen) atoms. The molecule has 2 nitrogen and oxygen atoms in total. The van der Waals surface area contributed by atoms with Gasteiger partial charge in [-0.2, -0.15) is 0 Å². The largest absolute Gasteiger partial charge is 0.465 e. The average Bonchev–Trinajstić information content (AvgIpc) is 2.15. The Hall–Kier alpha value is -0.660. The lowest BCUT2D eigenvalue weighted by Crippen LogP contribution is -2.00. The molecule has 4 heteroatoms. The molecule has 0 N–H and O–H groups in total. The van der Waals surface area contributed by atoms with Crippen molar-refractivity contribution in [2.45, 2.75) is 6.16 Å². The van der Waals surface area contributed by atoms with Gasteiger partial charge in [0.15, 0.2) is 0 Å². The highest BCUT2D eigenvalue weighted by Gasteiger charge is 2.07. The van der Waals surface area contributed by atoms with Crippen LogP contribution in [0.4, 0.5) is 0 Å². The third kappa shape index (κ3) is 4.15. The fraction of sp³-hybridized carbons (Fsp3) is 0.364. The molecule has 1 rings (SSSR count). The quantitative estimate of drug-likeness (QED) is 0.602. The van der Waals surface area contributed by atoms with Gasteiger partial charge in [0, 0.05) is 6.16 Å². The minimum Gasteiger partial charge on any atom is -0.465 e. The molecule has 0 spiro atoms. The third-order valence-electron chi connectivity index (χ3n) is 1.94. The number of hydrogen-bond donors (Lipinski definition) is 0. The van der Waals surface area contributed by atoms with Crippen LogP contribution in [0.1, 0.15) is 15.9 Å². The van der Waals surface area contributed by atoms with E-state index in [0.29, 0.717) is 5.56 Å². The molecule has 0 unspecified atom stereocenters. The Kier molecular flexibility index (Phi) is 4.06. The van der Waals surface area contributed by atoms with E-state index >= 15 is 0 Å². The van der Waals surface area contributed by atoms with E-state index in [2.05, 4.69) is 18.1 Å².